The smallest absolute Gasteiger partial charge is 0.332 e. The molecule has 5 nitrogen and oxygen atoms in total. The van der Waals surface area contributed by atoms with E-state index in [4.69, 9.17) is 10.2 Å². The van der Waals surface area contributed by atoms with Crippen molar-refractivity contribution in [3.63, 3.8) is 0 Å². The van der Waals surface area contributed by atoms with Crippen molar-refractivity contribution in [3.8, 4) is 0 Å². The molecule has 0 heterocycles. The zero-order chi connectivity index (χ0) is 12.7. The lowest BCUT2D eigenvalue weighted by molar-refractivity contribution is -0.147. The molecule has 0 aromatic heterocycles. The lowest BCUT2D eigenvalue weighted by atomic mass is 9.97. The van der Waals surface area contributed by atoms with E-state index in [9.17, 15) is 9.59 Å². The third-order valence-corrected chi connectivity index (χ3v) is 2.80. The van der Waals surface area contributed by atoms with Crippen molar-refractivity contribution in [2.24, 2.45) is 0 Å². The van der Waals surface area contributed by atoms with Crippen molar-refractivity contribution in [3.05, 3.63) is 11.6 Å². The molecule has 1 rings (SSSR count). The number of rotatable bonds is 6. The van der Waals surface area contributed by atoms with Gasteiger partial charge in [-0.25, -0.2) is 4.79 Å². The number of aliphatic hydroxyl groups excluding tert-OH is 1. The molecule has 0 aliphatic heterocycles. The monoisotopic (exact) mass is 241 g/mol. The summed E-state index contributed by atoms with van der Waals surface area (Å²) in [7, 11) is 0. The van der Waals surface area contributed by atoms with Crippen molar-refractivity contribution < 1.29 is 19.8 Å². The maximum Gasteiger partial charge on any atom is 0.332 e. The van der Waals surface area contributed by atoms with Gasteiger partial charge in [-0.3, -0.25) is 4.79 Å². The first-order valence-corrected chi connectivity index (χ1v) is 5.95. The molecule has 0 aromatic rings. The molecule has 1 aliphatic rings. The van der Waals surface area contributed by atoms with Crippen LogP contribution in [0.25, 0.3) is 0 Å². The van der Waals surface area contributed by atoms with E-state index in [1.807, 2.05) is 0 Å². The standard InChI is InChI=1S/C12H19NO4/c14-10(12(16)17)6-7-13-11(15)8-9-4-2-1-3-5-9/h4,10,14H,1-3,5-8H2,(H,13,15)(H,16,17)/t10-/m0/s1. The number of carbonyl (C=O) groups is 2. The summed E-state index contributed by atoms with van der Waals surface area (Å²) in [4.78, 5) is 21.8. The molecule has 1 aliphatic carbocycles. The predicted molar refractivity (Wildman–Crippen MR) is 62.4 cm³/mol. The topological polar surface area (TPSA) is 86.6 Å². The minimum Gasteiger partial charge on any atom is -0.479 e. The summed E-state index contributed by atoms with van der Waals surface area (Å²) in [5.41, 5.74) is 1.16. The van der Waals surface area contributed by atoms with Gasteiger partial charge in [0, 0.05) is 19.4 Å². The number of aliphatic carboxylic acids is 1. The highest BCUT2D eigenvalue weighted by Gasteiger charge is 2.13. The average Bonchev–Trinajstić information content (AvgIpc) is 2.30. The van der Waals surface area contributed by atoms with Crippen LogP contribution in [0.4, 0.5) is 0 Å². The van der Waals surface area contributed by atoms with Gasteiger partial charge < -0.3 is 15.5 Å². The molecule has 0 saturated heterocycles. The summed E-state index contributed by atoms with van der Waals surface area (Å²) in [5.74, 6) is -1.36. The van der Waals surface area contributed by atoms with E-state index in [1.165, 1.54) is 6.42 Å². The highest BCUT2D eigenvalue weighted by Crippen LogP contribution is 2.19. The Morgan fingerprint density at radius 2 is 2.18 bits per heavy atom. The zero-order valence-electron chi connectivity index (χ0n) is 9.82. The van der Waals surface area contributed by atoms with Gasteiger partial charge in [0.15, 0.2) is 6.10 Å². The SMILES string of the molecule is O=C(CC1=CCCCC1)NCC[C@H](O)C(=O)O. The van der Waals surface area contributed by atoms with Gasteiger partial charge in [0.2, 0.25) is 5.91 Å². The molecule has 0 bridgehead atoms. The molecule has 5 heteroatoms. The van der Waals surface area contributed by atoms with E-state index in [0.29, 0.717) is 6.42 Å². The van der Waals surface area contributed by atoms with Gasteiger partial charge in [0.05, 0.1) is 0 Å². The first kappa shape index (κ1) is 13.7. The minimum absolute atomic E-state index is 0.0418. The Morgan fingerprint density at radius 1 is 1.41 bits per heavy atom. The van der Waals surface area contributed by atoms with Gasteiger partial charge in [0.25, 0.3) is 0 Å². The van der Waals surface area contributed by atoms with Gasteiger partial charge in [-0.15, -0.1) is 0 Å². The Labute approximate surface area is 101 Å². The molecule has 1 amide bonds. The van der Waals surface area contributed by atoms with Gasteiger partial charge >= 0.3 is 5.97 Å². The van der Waals surface area contributed by atoms with Gasteiger partial charge in [-0.05, 0) is 25.7 Å². The number of hydrogen-bond acceptors (Lipinski definition) is 3. The maximum atomic E-state index is 11.5. The quantitative estimate of drug-likeness (QED) is 0.601. The Balaban J connectivity index is 2.17. The minimum atomic E-state index is -1.40. The molecular weight excluding hydrogens is 222 g/mol. The van der Waals surface area contributed by atoms with Crippen LogP contribution in [0, 0.1) is 0 Å². The van der Waals surface area contributed by atoms with E-state index >= 15 is 0 Å². The van der Waals surface area contributed by atoms with Gasteiger partial charge in [0.1, 0.15) is 0 Å². The zero-order valence-corrected chi connectivity index (χ0v) is 9.82. The van der Waals surface area contributed by atoms with Crippen LogP contribution in [0.3, 0.4) is 0 Å². The maximum absolute atomic E-state index is 11.5. The first-order valence-electron chi connectivity index (χ1n) is 5.95. The van der Waals surface area contributed by atoms with Crippen LogP contribution in [-0.4, -0.2) is 34.7 Å². The molecule has 0 saturated carbocycles. The summed E-state index contributed by atoms with van der Waals surface area (Å²) in [6, 6.07) is 0. The van der Waals surface area contributed by atoms with Crippen LogP contribution in [0.15, 0.2) is 11.6 Å². The molecule has 0 aromatic carbocycles. The Bertz CT molecular complexity index is 312. The number of amides is 1. The second-order valence-corrected chi connectivity index (χ2v) is 4.28. The normalized spacial score (nSPS) is 17.1. The number of carboxylic acids is 1. The summed E-state index contributed by atoms with van der Waals surface area (Å²) in [5, 5.41) is 20.0. The molecule has 0 radical (unpaired) electrons. The van der Waals surface area contributed by atoms with Crippen molar-refractivity contribution in [1.82, 2.24) is 5.32 Å². The van der Waals surface area contributed by atoms with E-state index < -0.39 is 12.1 Å². The fourth-order valence-electron chi connectivity index (χ4n) is 1.81. The largest absolute Gasteiger partial charge is 0.479 e. The molecule has 96 valence electrons. The van der Waals surface area contributed by atoms with Crippen LogP contribution in [-0.2, 0) is 9.59 Å². The fraction of sp³-hybridized carbons (Fsp3) is 0.667. The van der Waals surface area contributed by atoms with Crippen LogP contribution in [0.5, 0.6) is 0 Å². The second-order valence-electron chi connectivity index (χ2n) is 4.28. The van der Waals surface area contributed by atoms with Crippen LogP contribution in [0.1, 0.15) is 38.5 Å². The second kappa shape index (κ2) is 7.06. The molecular formula is C12H19NO4. The number of nitrogens with one attached hydrogen (secondary N) is 1. The lowest BCUT2D eigenvalue weighted by Crippen LogP contribution is -2.30. The predicted octanol–water partition coefficient (Wildman–Crippen LogP) is 0.829. The molecule has 0 unspecified atom stereocenters. The first-order chi connectivity index (χ1) is 8.09. The van der Waals surface area contributed by atoms with E-state index in [1.54, 1.807) is 0 Å². The average molecular weight is 241 g/mol. The number of aliphatic hydroxyl groups is 1. The Morgan fingerprint density at radius 3 is 2.76 bits per heavy atom. The molecule has 3 N–H and O–H groups in total. The van der Waals surface area contributed by atoms with Gasteiger partial charge in [-0.1, -0.05) is 11.6 Å². The van der Waals surface area contributed by atoms with Crippen molar-refractivity contribution in [2.45, 2.75) is 44.6 Å². The fourth-order valence-corrected chi connectivity index (χ4v) is 1.81. The van der Waals surface area contributed by atoms with Crippen LogP contribution in [0.2, 0.25) is 0 Å². The molecule has 1 atom stereocenters. The summed E-state index contributed by atoms with van der Waals surface area (Å²) >= 11 is 0. The number of carboxylic acid groups (broad SMARTS) is 1. The molecule has 0 fully saturated rings. The molecule has 17 heavy (non-hydrogen) atoms. The van der Waals surface area contributed by atoms with E-state index in [-0.39, 0.29) is 18.9 Å². The summed E-state index contributed by atoms with van der Waals surface area (Å²) in [6.45, 7) is 0.194. The third kappa shape index (κ3) is 5.49. The Kier molecular flexibility index (Phi) is 5.69. The van der Waals surface area contributed by atoms with Crippen molar-refractivity contribution in [1.29, 1.82) is 0 Å². The summed E-state index contributed by atoms with van der Waals surface area (Å²) in [6.07, 6.45) is 5.49. The third-order valence-electron chi connectivity index (χ3n) is 2.80. The summed E-state index contributed by atoms with van der Waals surface area (Å²) < 4.78 is 0. The van der Waals surface area contributed by atoms with Crippen molar-refractivity contribution in [2.75, 3.05) is 6.54 Å². The highest BCUT2D eigenvalue weighted by atomic mass is 16.4. The van der Waals surface area contributed by atoms with Gasteiger partial charge in [-0.2, -0.15) is 0 Å². The number of hydrogen-bond donors (Lipinski definition) is 3. The number of allylic oxidation sites excluding steroid dienone is 1. The Hall–Kier alpha value is -1.36. The highest BCUT2D eigenvalue weighted by molar-refractivity contribution is 5.78. The lowest BCUT2D eigenvalue weighted by Gasteiger charge is -2.12. The number of carbonyl (C=O) groups excluding carboxylic acids is 1. The van der Waals surface area contributed by atoms with E-state index in [2.05, 4.69) is 11.4 Å². The van der Waals surface area contributed by atoms with Crippen molar-refractivity contribution >= 4 is 11.9 Å². The van der Waals surface area contributed by atoms with Crippen LogP contribution >= 0.6 is 0 Å². The van der Waals surface area contributed by atoms with Crippen LogP contribution < -0.4 is 5.32 Å². The van der Waals surface area contributed by atoms with E-state index in [0.717, 1.165) is 24.8 Å². The molecule has 0 spiro atoms.